The number of carbonyl (C=O) groups is 1. The van der Waals surface area contributed by atoms with Crippen LogP contribution >= 0.6 is 0 Å². The molecule has 0 aromatic heterocycles. The molecule has 2 aliphatic rings. The minimum atomic E-state index is -0.356. The lowest BCUT2D eigenvalue weighted by Gasteiger charge is -2.13. The van der Waals surface area contributed by atoms with Crippen molar-refractivity contribution < 1.29 is 13.9 Å². The van der Waals surface area contributed by atoms with Crippen molar-refractivity contribution in [2.45, 2.75) is 25.7 Å². The van der Waals surface area contributed by atoms with Crippen molar-refractivity contribution in [2.24, 2.45) is 11.8 Å². The molecule has 0 bridgehead atoms. The second kappa shape index (κ2) is 6.43. The Morgan fingerprint density at radius 2 is 2.00 bits per heavy atom. The summed E-state index contributed by atoms with van der Waals surface area (Å²) in [4.78, 5) is 11.9. The number of rotatable bonds is 8. The molecule has 114 valence electrons. The highest BCUT2D eigenvalue weighted by atomic mass is 19.1. The Morgan fingerprint density at radius 1 is 1.24 bits per heavy atom. The van der Waals surface area contributed by atoms with E-state index in [1.807, 2.05) is 0 Å². The maximum absolute atomic E-state index is 13.3. The van der Waals surface area contributed by atoms with Crippen molar-refractivity contribution in [3.63, 3.8) is 0 Å². The Balaban J connectivity index is 1.52. The van der Waals surface area contributed by atoms with Crippen molar-refractivity contribution >= 4 is 11.6 Å². The fraction of sp³-hybridized carbons (Fsp3) is 0.562. The molecule has 1 amide bonds. The second-order valence-electron chi connectivity index (χ2n) is 6.02. The predicted octanol–water partition coefficient (Wildman–Crippen LogP) is 2.55. The molecule has 0 saturated heterocycles. The summed E-state index contributed by atoms with van der Waals surface area (Å²) in [6, 6.07) is 4.21. The number of halogens is 1. The minimum absolute atomic E-state index is 0.126. The first-order chi connectivity index (χ1) is 10.2. The van der Waals surface area contributed by atoms with Gasteiger partial charge in [0.2, 0.25) is 5.91 Å². The number of anilines is 1. The summed E-state index contributed by atoms with van der Waals surface area (Å²) < 4.78 is 18.9. The van der Waals surface area contributed by atoms with Crippen LogP contribution in [0.2, 0.25) is 0 Å². The molecule has 2 saturated carbocycles. The van der Waals surface area contributed by atoms with E-state index in [0.29, 0.717) is 24.0 Å². The van der Waals surface area contributed by atoms with E-state index in [1.165, 1.54) is 37.8 Å². The van der Waals surface area contributed by atoms with Crippen molar-refractivity contribution in [3.05, 3.63) is 24.0 Å². The van der Waals surface area contributed by atoms with Crippen LogP contribution in [-0.4, -0.2) is 25.6 Å². The van der Waals surface area contributed by atoms with Crippen LogP contribution in [0.4, 0.5) is 10.1 Å². The Morgan fingerprint density at radius 3 is 2.71 bits per heavy atom. The Kier molecular flexibility index (Phi) is 4.39. The minimum Gasteiger partial charge on any atom is -0.491 e. The lowest BCUT2D eigenvalue weighted by atomic mass is 10.2. The van der Waals surface area contributed by atoms with Crippen LogP contribution in [0.5, 0.6) is 5.75 Å². The van der Waals surface area contributed by atoms with Gasteiger partial charge in [0.1, 0.15) is 11.6 Å². The molecular formula is C16H21FN2O2. The molecule has 21 heavy (non-hydrogen) atoms. The van der Waals surface area contributed by atoms with E-state index >= 15 is 0 Å². The van der Waals surface area contributed by atoms with E-state index in [9.17, 15) is 9.18 Å². The molecule has 1 aromatic carbocycles. The smallest absolute Gasteiger partial charge is 0.238 e. The average Bonchev–Trinajstić information content (AvgIpc) is 3.33. The molecule has 3 rings (SSSR count). The topological polar surface area (TPSA) is 50.4 Å². The highest BCUT2D eigenvalue weighted by Crippen LogP contribution is 2.32. The summed E-state index contributed by atoms with van der Waals surface area (Å²) in [5.41, 5.74) is 0.537. The van der Waals surface area contributed by atoms with E-state index in [1.54, 1.807) is 6.07 Å². The Labute approximate surface area is 124 Å². The summed E-state index contributed by atoms with van der Waals surface area (Å²) in [5, 5.41) is 5.91. The number of hydrogen-bond donors (Lipinski definition) is 2. The van der Waals surface area contributed by atoms with E-state index in [2.05, 4.69) is 10.6 Å². The summed E-state index contributed by atoms with van der Waals surface area (Å²) >= 11 is 0. The van der Waals surface area contributed by atoms with Gasteiger partial charge in [0.15, 0.2) is 0 Å². The van der Waals surface area contributed by atoms with Crippen LogP contribution < -0.4 is 15.4 Å². The zero-order valence-corrected chi connectivity index (χ0v) is 12.0. The maximum Gasteiger partial charge on any atom is 0.238 e. The molecule has 0 unspecified atom stereocenters. The van der Waals surface area contributed by atoms with E-state index < -0.39 is 0 Å². The van der Waals surface area contributed by atoms with Gasteiger partial charge in [-0.15, -0.1) is 0 Å². The van der Waals surface area contributed by atoms with Crippen LogP contribution in [0.3, 0.4) is 0 Å². The summed E-state index contributed by atoms with van der Waals surface area (Å²) in [6.07, 6.45) is 4.85. The predicted molar refractivity (Wildman–Crippen MR) is 78.8 cm³/mol. The van der Waals surface area contributed by atoms with Gasteiger partial charge < -0.3 is 15.4 Å². The number of ether oxygens (including phenoxy) is 1. The zero-order valence-electron chi connectivity index (χ0n) is 12.0. The van der Waals surface area contributed by atoms with Gasteiger partial charge in [-0.25, -0.2) is 4.39 Å². The lowest BCUT2D eigenvalue weighted by molar-refractivity contribution is -0.115. The molecule has 4 nitrogen and oxygen atoms in total. The monoisotopic (exact) mass is 292 g/mol. The van der Waals surface area contributed by atoms with Crippen molar-refractivity contribution in [2.75, 3.05) is 25.0 Å². The molecule has 2 N–H and O–H groups in total. The van der Waals surface area contributed by atoms with Gasteiger partial charge in [-0.1, -0.05) is 0 Å². The quantitative estimate of drug-likeness (QED) is 0.774. The fourth-order valence-corrected chi connectivity index (χ4v) is 2.12. The van der Waals surface area contributed by atoms with Crippen molar-refractivity contribution in [1.82, 2.24) is 5.32 Å². The van der Waals surface area contributed by atoms with E-state index in [4.69, 9.17) is 4.74 Å². The highest BCUT2D eigenvalue weighted by Gasteiger charge is 2.23. The van der Waals surface area contributed by atoms with Gasteiger partial charge in [-0.2, -0.15) is 0 Å². The largest absolute Gasteiger partial charge is 0.491 e. The number of amides is 1. The van der Waals surface area contributed by atoms with Crippen molar-refractivity contribution in [3.8, 4) is 5.75 Å². The first-order valence-electron chi connectivity index (χ1n) is 7.63. The fourth-order valence-electron chi connectivity index (χ4n) is 2.12. The first kappa shape index (κ1) is 14.3. The lowest BCUT2D eigenvalue weighted by Crippen LogP contribution is -2.29. The third-order valence-corrected chi connectivity index (χ3v) is 3.80. The van der Waals surface area contributed by atoms with Gasteiger partial charge in [-0.05, 0) is 56.2 Å². The molecular weight excluding hydrogens is 271 g/mol. The summed E-state index contributed by atoms with van der Waals surface area (Å²) in [6.45, 7) is 1.75. The standard InChI is InChI=1S/C16H21FN2O2/c17-13-5-6-14(15(7-13)21-10-12-3-4-12)19-16(20)9-18-8-11-1-2-11/h5-7,11-12,18H,1-4,8-10H2,(H,19,20). The SMILES string of the molecule is O=C(CNCC1CC1)Nc1ccc(F)cc1OCC1CC1. The van der Waals surface area contributed by atoms with Crippen LogP contribution in [0, 0.1) is 17.7 Å². The van der Waals surface area contributed by atoms with E-state index in [0.717, 1.165) is 12.5 Å². The number of carbonyl (C=O) groups excluding carboxylic acids is 1. The van der Waals surface area contributed by atoms with Gasteiger partial charge >= 0.3 is 0 Å². The van der Waals surface area contributed by atoms with Gasteiger partial charge in [0, 0.05) is 6.07 Å². The summed E-state index contributed by atoms with van der Waals surface area (Å²) in [7, 11) is 0. The normalized spacial score (nSPS) is 17.6. The molecule has 0 spiro atoms. The van der Waals surface area contributed by atoms with Gasteiger partial charge in [-0.3, -0.25) is 4.79 Å². The van der Waals surface area contributed by atoms with Crippen LogP contribution in [-0.2, 0) is 4.79 Å². The molecule has 0 aliphatic heterocycles. The third kappa shape index (κ3) is 4.70. The molecule has 5 heteroatoms. The third-order valence-electron chi connectivity index (χ3n) is 3.80. The number of nitrogens with one attached hydrogen (secondary N) is 2. The molecule has 0 heterocycles. The van der Waals surface area contributed by atoms with Crippen molar-refractivity contribution in [1.29, 1.82) is 0 Å². The van der Waals surface area contributed by atoms with Gasteiger partial charge in [0.05, 0.1) is 18.8 Å². The molecule has 1 aromatic rings. The van der Waals surface area contributed by atoms with Crippen LogP contribution in [0.25, 0.3) is 0 Å². The van der Waals surface area contributed by atoms with Crippen LogP contribution in [0.15, 0.2) is 18.2 Å². The maximum atomic E-state index is 13.3. The van der Waals surface area contributed by atoms with E-state index in [-0.39, 0.29) is 18.3 Å². The molecule has 2 fully saturated rings. The molecule has 0 atom stereocenters. The Hall–Kier alpha value is -1.62. The van der Waals surface area contributed by atoms with Crippen LogP contribution in [0.1, 0.15) is 25.7 Å². The average molecular weight is 292 g/mol. The molecule has 0 radical (unpaired) electrons. The first-order valence-corrected chi connectivity index (χ1v) is 7.63. The number of benzene rings is 1. The zero-order chi connectivity index (χ0) is 14.7. The van der Waals surface area contributed by atoms with Gasteiger partial charge in [0.25, 0.3) is 0 Å². The Bertz CT molecular complexity index is 513. The second-order valence-corrected chi connectivity index (χ2v) is 6.02. The highest BCUT2D eigenvalue weighted by molar-refractivity contribution is 5.93. The summed E-state index contributed by atoms with van der Waals surface area (Å²) in [5.74, 6) is 1.25. The number of hydrogen-bond acceptors (Lipinski definition) is 3. The molecule has 2 aliphatic carbocycles.